The van der Waals surface area contributed by atoms with Crippen molar-refractivity contribution in [1.82, 2.24) is 0 Å². The van der Waals surface area contributed by atoms with Gasteiger partial charge in [0.1, 0.15) is 0 Å². The summed E-state index contributed by atoms with van der Waals surface area (Å²) in [5.74, 6) is 22.1. The molecule has 0 nitrogen and oxygen atoms in total. The van der Waals surface area contributed by atoms with E-state index in [4.69, 9.17) is 0 Å². The topological polar surface area (TPSA) is 0 Å². The molecule has 0 aromatic rings. The first-order valence-electron chi connectivity index (χ1n) is 66.0. The van der Waals surface area contributed by atoms with Crippen molar-refractivity contribution in [1.29, 1.82) is 0 Å². The second-order valence-corrected chi connectivity index (χ2v) is 65.6. The van der Waals surface area contributed by atoms with E-state index in [0.717, 1.165) is 141 Å². The van der Waals surface area contributed by atoms with Crippen molar-refractivity contribution in [3.05, 3.63) is 0 Å². The number of hydrogen-bond donors (Lipinski definition) is 0. The molecule has 0 spiro atoms. The van der Waals surface area contributed by atoms with Crippen LogP contribution in [0.3, 0.4) is 0 Å². The van der Waals surface area contributed by atoms with Crippen LogP contribution >= 0.6 is 0 Å². The number of fused-ring (bicyclic) bond motifs is 4. The van der Waals surface area contributed by atoms with E-state index < -0.39 is 0 Å². The third kappa shape index (κ3) is 66.1. The largest absolute Gasteiger partial charge is 0.0776 e. The van der Waals surface area contributed by atoms with Gasteiger partial charge in [0, 0.05) is 0 Å². The van der Waals surface area contributed by atoms with Crippen molar-refractivity contribution in [2.45, 2.75) is 741 Å². The van der Waals surface area contributed by atoms with Gasteiger partial charge in [-0.1, -0.05) is 625 Å². The van der Waals surface area contributed by atoms with Gasteiger partial charge in [0.25, 0.3) is 0 Å². The molecule has 0 aromatic heterocycles. The molecule has 0 heteroatoms. The van der Waals surface area contributed by atoms with Crippen LogP contribution in [0, 0.1) is 201 Å². The molecule has 0 saturated heterocycles. The Labute approximate surface area is 935 Å². The van der Waals surface area contributed by atoms with Gasteiger partial charge in [0.15, 0.2) is 0 Å². The highest BCUT2D eigenvalue weighted by molar-refractivity contribution is 4.94. The maximum Gasteiger partial charge on any atom is -0.0257 e. The molecule has 0 aliphatic heterocycles. The van der Waals surface area contributed by atoms with E-state index in [1.165, 1.54) is 315 Å². The highest BCUT2D eigenvalue weighted by Crippen LogP contribution is 2.54. The number of hydrogen-bond acceptors (Lipinski definition) is 0. The lowest BCUT2D eigenvalue weighted by Gasteiger charge is -2.49. The van der Waals surface area contributed by atoms with E-state index >= 15 is 0 Å². The van der Waals surface area contributed by atoms with E-state index in [1.807, 2.05) is 0 Å². The van der Waals surface area contributed by atoms with E-state index in [9.17, 15) is 0 Å². The summed E-state index contributed by atoms with van der Waals surface area (Å²) in [6.45, 7) is 122. The summed E-state index contributed by atoms with van der Waals surface area (Å²) >= 11 is 0. The molecule has 146 heavy (non-hydrogen) atoms. The molecule has 15 fully saturated rings. The molecular weight excluding hydrogens is 1750 g/mol. The van der Waals surface area contributed by atoms with E-state index in [0.29, 0.717) is 59.6 Å². The fourth-order valence-electron chi connectivity index (χ4n) is 27.0. The summed E-state index contributed by atoms with van der Waals surface area (Å²) in [6.07, 6.45) is 84.5. The zero-order valence-electron chi connectivity index (χ0n) is 112. The quantitative estimate of drug-likeness (QED) is 0.227. The van der Waals surface area contributed by atoms with Crippen LogP contribution in [0.25, 0.3) is 0 Å². The van der Waals surface area contributed by atoms with Gasteiger partial charge in [-0.3, -0.25) is 0 Å². The Bertz CT molecular complexity index is 2780. The van der Waals surface area contributed by atoms with Crippen molar-refractivity contribution in [3.8, 4) is 0 Å². The maximum atomic E-state index is 2.44. The third-order valence-electron chi connectivity index (χ3n) is 45.1. The van der Waals surface area contributed by atoms with Gasteiger partial charge in [0.05, 0.1) is 0 Å². The van der Waals surface area contributed by atoms with Gasteiger partial charge in [-0.2, -0.15) is 0 Å². The zero-order valence-corrected chi connectivity index (χ0v) is 112. The molecule has 0 amide bonds. The normalized spacial score (nSPS) is 28.5. The highest BCUT2D eigenvalue weighted by Gasteiger charge is 2.44. The zero-order chi connectivity index (χ0) is 112. The van der Waals surface area contributed by atoms with Crippen LogP contribution in [0.15, 0.2) is 0 Å². The summed E-state index contributed by atoms with van der Waals surface area (Å²) in [5, 5.41) is 0. The minimum absolute atomic E-state index is 0. The van der Waals surface area contributed by atoms with Crippen LogP contribution in [0.4, 0.5) is 0 Å². The second-order valence-electron chi connectivity index (χ2n) is 65.6. The summed E-state index contributed by atoms with van der Waals surface area (Å²) < 4.78 is 0. The first-order chi connectivity index (χ1) is 66.0. The van der Waals surface area contributed by atoms with Crippen LogP contribution in [0.5, 0.6) is 0 Å². The lowest BCUT2D eigenvalue weighted by Crippen LogP contribution is -2.41. The molecule has 7 atom stereocenters. The molecule has 15 aliphatic rings. The van der Waals surface area contributed by atoms with E-state index in [1.54, 1.807) is 51.4 Å². The molecule has 15 saturated carbocycles. The predicted molar refractivity (Wildman–Crippen MR) is 680 cm³/mol. The predicted octanol–water partition coefficient (Wildman–Crippen LogP) is 52.9. The molecule has 2 unspecified atom stereocenters. The molecule has 0 heterocycles. The van der Waals surface area contributed by atoms with Crippen LogP contribution < -0.4 is 0 Å². The third-order valence-corrected chi connectivity index (χ3v) is 45.1. The van der Waals surface area contributed by atoms with Crippen molar-refractivity contribution < 1.29 is 0 Å². The van der Waals surface area contributed by atoms with Crippen LogP contribution in [0.1, 0.15) is 741 Å². The number of rotatable bonds is 8. The lowest BCUT2D eigenvalue weighted by molar-refractivity contribution is 0.00574. The molecule has 0 aromatic carbocycles. The minimum Gasteiger partial charge on any atom is -0.0776 e. The first kappa shape index (κ1) is 152. The Kier molecular flexibility index (Phi) is 77.6. The van der Waals surface area contributed by atoms with Crippen molar-refractivity contribution >= 4 is 0 Å². The Hall–Kier alpha value is 0. The van der Waals surface area contributed by atoms with Gasteiger partial charge < -0.3 is 0 Å². The van der Waals surface area contributed by atoms with E-state index in [2.05, 4.69) is 360 Å². The summed E-state index contributed by atoms with van der Waals surface area (Å²) in [5.41, 5.74) is 6.83. The summed E-state index contributed by atoms with van der Waals surface area (Å²) in [7, 11) is 0. The molecule has 15 aliphatic carbocycles. The van der Waals surface area contributed by atoms with Gasteiger partial charge in [0.2, 0.25) is 0 Å². The molecule has 884 valence electrons. The fraction of sp³-hybridized carbons (Fsp3) is 1.00. The monoisotopic (exact) mass is 2050 g/mol. The minimum atomic E-state index is 0. The van der Waals surface area contributed by atoms with E-state index in [-0.39, 0.29) is 14.9 Å². The van der Waals surface area contributed by atoms with Gasteiger partial charge in [-0.25, -0.2) is 0 Å². The summed E-state index contributed by atoms with van der Waals surface area (Å²) in [4.78, 5) is 0. The smallest absolute Gasteiger partial charge is 0.0257 e. The Balaban J connectivity index is -0.000000733. The molecule has 0 N–H and O–H groups in total. The standard InChI is InChI=1S/C11H24.2C10H22.C9H20.2C8H14.11C8H16.2CH4/c1-9(2,3)11(7,8)10(4,5)6;1-8(9(2,3)4)10(5,6)7;1-8(2)10(6,7)9(3,4)5;1-7(2)8(3)9(4,5)6;2*1-6-7-2-3-8(6)5-4-7;1-7-4-5-8(2,3)6-7;1-7-5-4-6-8(7,2)3;1-7-3-5-8(2)6-4-7;1-7-4-3-5-8(2)6-7;1-8(2)6-4-3-5-7-8;1-7-5-3-4-6-8(7)2;1-7(2)8-5-3-4-6-8;2*1-3-8(2)6-4-5-7-8;1-2-8-6-4-3-5-7-8;1-2-5-8-6-3-4-7-8;;/h1-8H3;2*8H,1-7H3;7-8H,1-6H3;2*6-8H,2-5H2,1H3;2*7H,4-6H2,1-3H3;2*7-8H,3-6H2,1-2H3;3-7H2,1-2H3;2*7-8H,3-6H2,1-2H3;2*3-7H2,1-2H3;2*8H,2-7H2,1H3;2*1H4/t;;;8-;;;2*7-;;7-,8?;;7-,8?;;;;;;;/m...1..00.1.1......./s1. The van der Waals surface area contributed by atoms with Crippen LogP contribution in [-0.4, -0.2) is 0 Å². The molecular formula is C146H300. The van der Waals surface area contributed by atoms with Gasteiger partial charge in [-0.15, -0.1) is 0 Å². The Morgan fingerprint density at radius 1 is 0.281 bits per heavy atom. The van der Waals surface area contributed by atoms with Crippen molar-refractivity contribution in [2.75, 3.05) is 0 Å². The maximum absolute atomic E-state index is 2.44. The molecule has 0 radical (unpaired) electrons. The molecule has 4 bridgehead atoms. The van der Waals surface area contributed by atoms with Gasteiger partial charge in [-0.05, 0) is 316 Å². The van der Waals surface area contributed by atoms with Crippen molar-refractivity contribution in [2.24, 2.45) is 201 Å². The average Bonchev–Trinajstić information content (AvgIpc) is 0.971. The van der Waals surface area contributed by atoms with Crippen LogP contribution in [-0.2, 0) is 0 Å². The highest BCUT2D eigenvalue weighted by atomic mass is 14.5. The Morgan fingerprint density at radius 3 is 0.760 bits per heavy atom. The van der Waals surface area contributed by atoms with Crippen molar-refractivity contribution in [3.63, 3.8) is 0 Å². The SMILES string of the molecule is C.C.CC(C(C)(C)C)C(C)(C)C.CC(C)(C)C(C)(C)C(C)(C)C.CC(C)C(C)(C)C(C)(C)C.CC(C)C1CCCC1.CC(C)[C@@H](C)C(C)(C)C.CC1(C)CCCCC1.CC1C2CCC1CC2.CC1C2CCC1CC2.CC1CCC(C)CC1.CC1CCCC[C@H]1C.CC1CCC[C@@H](C)C1.CCC1(C)CCCC1.CCC1(C)CCCC1.CCC1CCCCC1.CCCC1CCCC1.C[C@H]1CCC(C)(C)C1.C[C@H]1CCCC1(C)C. The first-order valence-corrected chi connectivity index (χ1v) is 66.0. The van der Waals surface area contributed by atoms with Crippen LogP contribution in [0.2, 0.25) is 0 Å². The van der Waals surface area contributed by atoms with Gasteiger partial charge >= 0.3 is 0 Å². The fourth-order valence-corrected chi connectivity index (χ4v) is 27.0. The molecule has 15 rings (SSSR count). The lowest BCUT2D eigenvalue weighted by atomic mass is 9.56. The average molecular weight is 2060 g/mol. The Morgan fingerprint density at radius 2 is 0.610 bits per heavy atom. The summed E-state index contributed by atoms with van der Waals surface area (Å²) in [6, 6.07) is 0. The second kappa shape index (κ2) is 74.4.